The molecular formula is C15H19Cl2NO. The van der Waals surface area contributed by atoms with Crippen molar-refractivity contribution in [1.82, 2.24) is 5.32 Å². The van der Waals surface area contributed by atoms with Gasteiger partial charge in [-0.15, -0.1) is 0 Å². The summed E-state index contributed by atoms with van der Waals surface area (Å²) in [6, 6.07) is 5.34. The predicted molar refractivity (Wildman–Crippen MR) is 82.6 cm³/mol. The van der Waals surface area contributed by atoms with Crippen molar-refractivity contribution in [3.8, 4) is 0 Å². The molecule has 0 heterocycles. The molecule has 0 saturated carbocycles. The van der Waals surface area contributed by atoms with Gasteiger partial charge in [0.25, 0.3) is 0 Å². The lowest BCUT2D eigenvalue weighted by Gasteiger charge is -2.11. The molecule has 1 aromatic carbocycles. The molecule has 0 aliphatic heterocycles. The topological polar surface area (TPSA) is 29.1 Å². The monoisotopic (exact) mass is 299 g/mol. The van der Waals surface area contributed by atoms with Crippen molar-refractivity contribution in [1.29, 1.82) is 0 Å². The van der Waals surface area contributed by atoms with Gasteiger partial charge >= 0.3 is 0 Å². The van der Waals surface area contributed by atoms with Crippen LogP contribution in [0, 0.1) is 5.92 Å². The Morgan fingerprint density at radius 1 is 1.32 bits per heavy atom. The first kappa shape index (κ1) is 16.1. The van der Waals surface area contributed by atoms with Crippen LogP contribution in [0.1, 0.15) is 32.3 Å². The van der Waals surface area contributed by atoms with Gasteiger partial charge in [-0.2, -0.15) is 0 Å². The lowest BCUT2D eigenvalue weighted by atomic mass is 10.0. The highest BCUT2D eigenvalue weighted by molar-refractivity contribution is 6.42. The molecule has 0 saturated heterocycles. The summed E-state index contributed by atoms with van der Waals surface area (Å²) in [6.45, 7) is 4.96. The average molecular weight is 300 g/mol. The van der Waals surface area contributed by atoms with Crippen LogP contribution in [-0.4, -0.2) is 12.5 Å². The number of nitrogens with one attached hydrogen (secondary N) is 1. The van der Waals surface area contributed by atoms with Gasteiger partial charge in [-0.1, -0.05) is 62.0 Å². The zero-order chi connectivity index (χ0) is 14.3. The van der Waals surface area contributed by atoms with Crippen molar-refractivity contribution >= 4 is 35.2 Å². The molecule has 1 amide bonds. The molecule has 0 unspecified atom stereocenters. The van der Waals surface area contributed by atoms with Gasteiger partial charge in [-0.25, -0.2) is 0 Å². The molecule has 19 heavy (non-hydrogen) atoms. The number of carbonyl (C=O) groups is 1. The van der Waals surface area contributed by atoms with Gasteiger partial charge < -0.3 is 5.32 Å². The van der Waals surface area contributed by atoms with Crippen molar-refractivity contribution in [2.24, 2.45) is 5.92 Å². The molecule has 1 N–H and O–H groups in total. The van der Waals surface area contributed by atoms with Crippen LogP contribution < -0.4 is 5.32 Å². The highest BCUT2D eigenvalue weighted by Crippen LogP contribution is 2.26. The van der Waals surface area contributed by atoms with E-state index in [9.17, 15) is 4.79 Å². The van der Waals surface area contributed by atoms with Crippen molar-refractivity contribution < 1.29 is 4.79 Å². The van der Waals surface area contributed by atoms with E-state index >= 15 is 0 Å². The first-order valence-electron chi connectivity index (χ1n) is 6.48. The normalized spacial score (nSPS) is 11.2. The second-order valence-corrected chi connectivity index (χ2v) is 5.19. The summed E-state index contributed by atoms with van der Waals surface area (Å²) in [5.41, 5.74) is 0.742. The van der Waals surface area contributed by atoms with Gasteiger partial charge in [0.1, 0.15) is 0 Å². The van der Waals surface area contributed by atoms with Crippen LogP contribution in [-0.2, 0) is 4.79 Å². The van der Waals surface area contributed by atoms with E-state index in [1.807, 2.05) is 6.07 Å². The number of benzene rings is 1. The molecule has 1 aromatic rings. The molecule has 0 atom stereocenters. The number of hydrogen-bond acceptors (Lipinski definition) is 1. The zero-order valence-corrected chi connectivity index (χ0v) is 12.8. The summed E-state index contributed by atoms with van der Waals surface area (Å²) < 4.78 is 0. The molecule has 104 valence electrons. The van der Waals surface area contributed by atoms with Gasteiger partial charge in [-0.05, 0) is 23.6 Å². The van der Waals surface area contributed by atoms with Gasteiger partial charge in [0.05, 0.1) is 10.0 Å². The number of rotatable bonds is 6. The summed E-state index contributed by atoms with van der Waals surface area (Å²) in [4.78, 5) is 11.7. The Labute approximate surface area is 124 Å². The lowest BCUT2D eigenvalue weighted by molar-refractivity contribution is -0.116. The molecule has 1 rings (SSSR count). The largest absolute Gasteiger partial charge is 0.352 e. The molecular weight excluding hydrogens is 281 g/mol. The quantitative estimate of drug-likeness (QED) is 0.767. The molecule has 0 aliphatic rings. The fraction of sp³-hybridized carbons (Fsp3) is 0.400. The predicted octanol–water partition coefficient (Wildman–Crippen LogP) is 4.56. The molecule has 0 bridgehead atoms. The van der Waals surface area contributed by atoms with Crippen molar-refractivity contribution in [2.75, 3.05) is 6.54 Å². The van der Waals surface area contributed by atoms with E-state index in [0.717, 1.165) is 18.4 Å². The average Bonchev–Trinajstić information content (AvgIpc) is 2.41. The third kappa shape index (κ3) is 5.25. The number of hydrogen-bond donors (Lipinski definition) is 1. The summed E-state index contributed by atoms with van der Waals surface area (Å²) in [6.07, 6.45) is 5.30. The Bertz CT molecular complexity index is 453. The Morgan fingerprint density at radius 2 is 2.00 bits per heavy atom. The van der Waals surface area contributed by atoms with E-state index in [1.165, 1.54) is 6.08 Å². The van der Waals surface area contributed by atoms with Gasteiger partial charge in [-0.3, -0.25) is 4.79 Å². The van der Waals surface area contributed by atoms with Crippen molar-refractivity contribution in [3.05, 3.63) is 39.9 Å². The minimum absolute atomic E-state index is 0.108. The number of carbonyl (C=O) groups excluding carboxylic acids is 1. The van der Waals surface area contributed by atoms with Gasteiger partial charge in [0, 0.05) is 12.6 Å². The third-order valence-corrected chi connectivity index (χ3v) is 3.95. The molecule has 0 fully saturated rings. The maximum Gasteiger partial charge on any atom is 0.244 e. The van der Waals surface area contributed by atoms with E-state index in [-0.39, 0.29) is 5.91 Å². The molecule has 0 aromatic heterocycles. The van der Waals surface area contributed by atoms with Crippen LogP contribution >= 0.6 is 23.2 Å². The van der Waals surface area contributed by atoms with Gasteiger partial charge in [0.15, 0.2) is 0 Å². The van der Waals surface area contributed by atoms with E-state index in [1.54, 1.807) is 18.2 Å². The number of halogens is 2. The molecule has 2 nitrogen and oxygen atoms in total. The van der Waals surface area contributed by atoms with E-state index in [2.05, 4.69) is 19.2 Å². The standard InChI is InChI=1S/C15H19Cl2NO/c1-3-11(4-2)10-18-14(19)9-8-12-6-5-7-13(16)15(12)17/h5-9,11H,3-4,10H2,1-2H3,(H,18,19)/b9-8+. The summed E-state index contributed by atoms with van der Waals surface area (Å²) in [7, 11) is 0. The Morgan fingerprint density at radius 3 is 2.63 bits per heavy atom. The maximum atomic E-state index is 11.7. The summed E-state index contributed by atoms with van der Waals surface area (Å²) >= 11 is 11.9. The fourth-order valence-corrected chi connectivity index (χ4v) is 2.07. The summed E-state index contributed by atoms with van der Waals surface area (Å²) in [5.74, 6) is 0.426. The summed E-state index contributed by atoms with van der Waals surface area (Å²) in [5, 5.41) is 3.84. The molecule has 4 heteroatoms. The Kier molecular flexibility index (Phi) is 6.96. The van der Waals surface area contributed by atoms with E-state index < -0.39 is 0 Å². The highest BCUT2D eigenvalue weighted by atomic mass is 35.5. The fourth-order valence-electron chi connectivity index (χ4n) is 1.70. The third-order valence-electron chi connectivity index (χ3n) is 3.12. The van der Waals surface area contributed by atoms with Crippen LogP contribution in [0.25, 0.3) is 6.08 Å². The minimum Gasteiger partial charge on any atom is -0.352 e. The van der Waals surface area contributed by atoms with Crippen LogP contribution in [0.3, 0.4) is 0 Å². The second-order valence-electron chi connectivity index (χ2n) is 4.40. The van der Waals surface area contributed by atoms with Crippen LogP contribution in [0.2, 0.25) is 10.0 Å². The van der Waals surface area contributed by atoms with Crippen molar-refractivity contribution in [3.63, 3.8) is 0 Å². The molecule has 0 radical (unpaired) electrons. The number of amides is 1. The van der Waals surface area contributed by atoms with Crippen LogP contribution in [0.15, 0.2) is 24.3 Å². The Balaban J connectivity index is 2.56. The van der Waals surface area contributed by atoms with Gasteiger partial charge in [0.2, 0.25) is 5.91 Å². The van der Waals surface area contributed by atoms with E-state index in [4.69, 9.17) is 23.2 Å². The lowest BCUT2D eigenvalue weighted by Crippen LogP contribution is -2.27. The molecule has 0 spiro atoms. The smallest absolute Gasteiger partial charge is 0.244 e. The molecule has 0 aliphatic carbocycles. The van der Waals surface area contributed by atoms with E-state index in [0.29, 0.717) is 22.5 Å². The van der Waals surface area contributed by atoms with Crippen molar-refractivity contribution in [2.45, 2.75) is 26.7 Å². The Hall–Kier alpha value is -0.990. The second kappa shape index (κ2) is 8.23. The first-order valence-corrected chi connectivity index (χ1v) is 7.24. The minimum atomic E-state index is -0.108. The maximum absolute atomic E-state index is 11.7. The SMILES string of the molecule is CCC(CC)CNC(=O)/C=C/c1cccc(Cl)c1Cl. The highest BCUT2D eigenvalue weighted by Gasteiger charge is 2.05. The first-order chi connectivity index (χ1) is 9.08. The van der Waals surface area contributed by atoms with Crippen LogP contribution in [0.4, 0.5) is 0 Å². The van der Waals surface area contributed by atoms with Crippen LogP contribution in [0.5, 0.6) is 0 Å². The zero-order valence-electron chi connectivity index (χ0n) is 11.2.